The highest BCUT2D eigenvalue weighted by molar-refractivity contribution is 7.99. The molecule has 0 bridgehead atoms. The van der Waals surface area contributed by atoms with E-state index in [1.807, 2.05) is 30.3 Å². The average molecular weight is 479 g/mol. The van der Waals surface area contributed by atoms with E-state index in [1.165, 1.54) is 35.9 Å². The van der Waals surface area contributed by atoms with Crippen molar-refractivity contribution >= 4 is 29.0 Å². The number of carbonyl (C=O) groups is 1. The molecule has 2 heterocycles. The van der Waals surface area contributed by atoms with Crippen LogP contribution in [0.2, 0.25) is 0 Å². The Morgan fingerprint density at radius 2 is 1.76 bits per heavy atom. The molecule has 34 heavy (non-hydrogen) atoms. The number of hydrogen-bond acceptors (Lipinski definition) is 6. The Balaban J connectivity index is 1.43. The number of hydrogen-bond donors (Lipinski definition) is 1. The summed E-state index contributed by atoms with van der Waals surface area (Å²) >= 11 is 1.43. The number of nitrogens with one attached hydrogen (secondary N) is 1. The van der Waals surface area contributed by atoms with Crippen molar-refractivity contribution in [2.45, 2.75) is 43.9 Å². The van der Waals surface area contributed by atoms with E-state index in [1.54, 1.807) is 0 Å². The van der Waals surface area contributed by atoms with Gasteiger partial charge in [-0.25, -0.2) is 0 Å². The van der Waals surface area contributed by atoms with Gasteiger partial charge in [-0.05, 0) is 63.2 Å². The van der Waals surface area contributed by atoms with Gasteiger partial charge in [0, 0.05) is 24.5 Å². The van der Waals surface area contributed by atoms with E-state index in [0.29, 0.717) is 6.54 Å². The molecule has 1 unspecified atom stereocenters. The van der Waals surface area contributed by atoms with Crippen LogP contribution >= 0.6 is 11.8 Å². The number of carbonyl (C=O) groups excluding carboxylic acids is 1. The van der Waals surface area contributed by atoms with Crippen molar-refractivity contribution in [3.05, 3.63) is 66.0 Å². The highest BCUT2D eigenvalue weighted by Gasteiger charge is 2.22. The predicted molar refractivity (Wildman–Crippen MR) is 140 cm³/mol. The summed E-state index contributed by atoms with van der Waals surface area (Å²) in [7, 11) is 4.12. The number of anilines is 2. The van der Waals surface area contributed by atoms with Gasteiger partial charge in [0.15, 0.2) is 11.0 Å². The molecular weight excluding hydrogens is 444 g/mol. The first-order valence-corrected chi connectivity index (χ1v) is 12.9. The van der Waals surface area contributed by atoms with Gasteiger partial charge >= 0.3 is 0 Å². The summed E-state index contributed by atoms with van der Waals surface area (Å²) in [5.74, 6) is 1.16. The Kier molecular flexibility index (Phi) is 8.24. The Hall–Kier alpha value is -2.84. The lowest BCUT2D eigenvalue weighted by Crippen LogP contribution is -2.23. The highest BCUT2D eigenvalue weighted by atomic mass is 32.2. The van der Waals surface area contributed by atoms with Crippen molar-refractivity contribution in [3.8, 4) is 0 Å². The van der Waals surface area contributed by atoms with E-state index >= 15 is 0 Å². The summed E-state index contributed by atoms with van der Waals surface area (Å²) in [6, 6.07) is 18.6. The Morgan fingerprint density at radius 3 is 2.41 bits per heavy atom. The molecule has 1 aliphatic heterocycles. The van der Waals surface area contributed by atoms with Crippen molar-refractivity contribution in [1.82, 2.24) is 19.7 Å². The third-order valence-corrected chi connectivity index (χ3v) is 7.16. The number of nitrogens with zero attached hydrogens (tertiary/aromatic N) is 5. The van der Waals surface area contributed by atoms with E-state index < -0.39 is 0 Å². The Bertz CT molecular complexity index is 1060. The summed E-state index contributed by atoms with van der Waals surface area (Å²) < 4.78 is 2.15. The van der Waals surface area contributed by atoms with Gasteiger partial charge < -0.3 is 14.8 Å². The van der Waals surface area contributed by atoms with Gasteiger partial charge in [-0.15, -0.1) is 10.2 Å². The molecule has 1 atom stereocenters. The maximum atomic E-state index is 12.7. The molecule has 3 aromatic rings. The molecule has 0 radical (unpaired) electrons. The summed E-state index contributed by atoms with van der Waals surface area (Å²) in [4.78, 5) is 17.2. The van der Waals surface area contributed by atoms with Crippen LogP contribution in [0.25, 0.3) is 0 Å². The third kappa shape index (κ3) is 5.98. The van der Waals surface area contributed by atoms with Crippen LogP contribution < -0.4 is 10.2 Å². The molecule has 4 rings (SSSR count). The fraction of sp³-hybridized carbons (Fsp3) is 0.423. The molecule has 1 fully saturated rings. The van der Waals surface area contributed by atoms with Crippen LogP contribution in [0.4, 0.5) is 11.4 Å². The summed E-state index contributed by atoms with van der Waals surface area (Å²) in [6.45, 7) is 5.05. The number of aromatic nitrogens is 3. The van der Waals surface area contributed by atoms with Gasteiger partial charge in [-0.1, -0.05) is 49.0 Å². The quantitative estimate of drug-likeness (QED) is 0.427. The SMILES string of the molecule is CCC(c1nnc(SCC(=O)Nc2ccc(N3CCCC3)cc2)n1Cc1ccccc1)N(C)C. The number of rotatable bonds is 10. The zero-order valence-electron chi connectivity index (χ0n) is 20.3. The molecule has 1 aliphatic rings. The number of amides is 1. The standard InChI is InChI=1S/C26H34N6OS/c1-4-23(30(2)3)25-28-29-26(32(25)18-20-10-6-5-7-11-20)34-19-24(33)27-21-12-14-22(15-13-21)31-16-8-9-17-31/h5-7,10-15,23H,4,8-9,16-19H2,1-3H3,(H,27,33). The first-order valence-electron chi connectivity index (χ1n) is 12.0. The lowest BCUT2D eigenvalue weighted by atomic mass is 10.2. The molecule has 0 aliphatic carbocycles. The topological polar surface area (TPSA) is 66.3 Å². The van der Waals surface area contributed by atoms with Crippen molar-refractivity contribution in [1.29, 1.82) is 0 Å². The lowest BCUT2D eigenvalue weighted by molar-refractivity contribution is -0.113. The van der Waals surface area contributed by atoms with E-state index in [-0.39, 0.29) is 17.7 Å². The Morgan fingerprint density at radius 1 is 1.06 bits per heavy atom. The van der Waals surface area contributed by atoms with Crippen molar-refractivity contribution in [2.24, 2.45) is 0 Å². The maximum Gasteiger partial charge on any atom is 0.234 e. The minimum absolute atomic E-state index is 0.0469. The molecule has 0 saturated carbocycles. The third-order valence-electron chi connectivity index (χ3n) is 6.19. The van der Waals surface area contributed by atoms with Gasteiger partial charge in [-0.2, -0.15) is 0 Å². The maximum absolute atomic E-state index is 12.7. The summed E-state index contributed by atoms with van der Waals surface area (Å²) in [5, 5.41) is 12.8. The number of benzene rings is 2. The minimum Gasteiger partial charge on any atom is -0.372 e. The van der Waals surface area contributed by atoms with Crippen LogP contribution in [-0.2, 0) is 11.3 Å². The monoisotopic (exact) mass is 478 g/mol. The van der Waals surface area contributed by atoms with Crippen molar-refractivity contribution in [2.75, 3.05) is 43.2 Å². The van der Waals surface area contributed by atoms with E-state index in [0.717, 1.165) is 36.2 Å². The molecule has 8 heteroatoms. The zero-order chi connectivity index (χ0) is 23.9. The van der Waals surface area contributed by atoms with Crippen LogP contribution in [0.15, 0.2) is 59.8 Å². The molecule has 7 nitrogen and oxygen atoms in total. The first-order chi connectivity index (χ1) is 16.5. The average Bonchev–Trinajstić information content (AvgIpc) is 3.51. The lowest BCUT2D eigenvalue weighted by Gasteiger charge is -2.23. The predicted octanol–water partition coefficient (Wildman–Crippen LogP) is 4.67. The second-order valence-corrected chi connectivity index (χ2v) is 9.82. The largest absolute Gasteiger partial charge is 0.372 e. The fourth-order valence-electron chi connectivity index (χ4n) is 4.40. The molecular formula is C26H34N6OS. The minimum atomic E-state index is -0.0469. The molecule has 1 N–H and O–H groups in total. The first kappa shape index (κ1) is 24.3. The number of thioether (sulfide) groups is 1. The Labute approximate surface area is 206 Å². The highest BCUT2D eigenvalue weighted by Crippen LogP contribution is 2.27. The van der Waals surface area contributed by atoms with Gasteiger partial charge in [0.05, 0.1) is 18.3 Å². The van der Waals surface area contributed by atoms with Crippen LogP contribution in [0.1, 0.15) is 43.6 Å². The molecule has 0 spiro atoms. The van der Waals surface area contributed by atoms with E-state index in [4.69, 9.17) is 0 Å². The van der Waals surface area contributed by atoms with Gasteiger partial charge in [-0.3, -0.25) is 9.69 Å². The molecule has 1 aromatic heterocycles. The normalized spacial score (nSPS) is 14.5. The van der Waals surface area contributed by atoms with Gasteiger partial charge in [0.25, 0.3) is 0 Å². The summed E-state index contributed by atoms with van der Waals surface area (Å²) in [6.07, 6.45) is 3.43. The molecule has 1 saturated heterocycles. The summed E-state index contributed by atoms with van der Waals surface area (Å²) in [5.41, 5.74) is 3.22. The second kappa shape index (κ2) is 11.5. The molecule has 2 aromatic carbocycles. The van der Waals surface area contributed by atoms with Crippen molar-refractivity contribution in [3.63, 3.8) is 0 Å². The van der Waals surface area contributed by atoms with E-state index in [2.05, 4.69) is 75.2 Å². The van der Waals surface area contributed by atoms with Gasteiger partial charge in [0.1, 0.15) is 0 Å². The van der Waals surface area contributed by atoms with Gasteiger partial charge in [0.2, 0.25) is 5.91 Å². The van der Waals surface area contributed by atoms with Crippen LogP contribution in [-0.4, -0.2) is 58.5 Å². The smallest absolute Gasteiger partial charge is 0.234 e. The van der Waals surface area contributed by atoms with E-state index in [9.17, 15) is 4.79 Å². The fourth-order valence-corrected chi connectivity index (χ4v) is 5.15. The van der Waals surface area contributed by atoms with Crippen LogP contribution in [0.5, 0.6) is 0 Å². The van der Waals surface area contributed by atoms with Crippen molar-refractivity contribution < 1.29 is 4.79 Å². The second-order valence-electron chi connectivity index (χ2n) is 8.88. The molecule has 180 valence electrons. The van der Waals surface area contributed by atoms with Crippen LogP contribution in [0, 0.1) is 0 Å². The zero-order valence-corrected chi connectivity index (χ0v) is 21.1. The molecule has 1 amide bonds. The van der Waals surface area contributed by atoms with Crippen LogP contribution in [0.3, 0.4) is 0 Å².